The zero-order chi connectivity index (χ0) is 32.9. The van der Waals surface area contributed by atoms with Gasteiger partial charge >= 0.3 is 5.97 Å². The van der Waals surface area contributed by atoms with Gasteiger partial charge in [-0.1, -0.05) is 161 Å². The molecule has 0 aliphatic carbocycles. The van der Waals surface area contributed by atoms with E-state index in [9.17, 15) is 14.7 Å². The van der Waals surface area contributed by atoms with Crippen LogP contribution in [-0.4, -0.2) is 47.2 Å². The van der Waals surface area contributed by atoms with Crippen LogP contribution in [0.3, 0.4) is 0 Å². The third kappa shape index (κ3) is 21.6. The molecule has 0 aromatic rings. The number of carbonyl (C=O) groups excluding carboxylic acids is 1. The smallest absolute Gasteiger partial charge is 0.303 e. The average Bonchev–Trinajstić information content (AvgIpc) is 2.98. The van der Waals surface area contributed by atoms with Crippen LogP contribution in [-0.2, 0) is 9.59 Å². The highest BCUT2D eigenvalue weighted by Gasteiger charge is 2.45. The SMILES string of the molecule is CCCCCCCCCCCCCCCCC(C)[N+](C)(C)C(C)(CCCCCCCCCCCCCCCC(=O)O)C(=O)[O-]. The number of carboxylic acids is 2. The van der Waals surface area contributed by atoms with Crippen molar-refractivity contribution in [3.05, 3.63) is 0 Å². The quantitative estimate of drug-likeness (QED) is 0.0571. The summed E-state index contributed by atoms with van der Waals surface area (Å²) in [6, 6.07) is 0.306. The van der Waals surface area contributed by atoms with Gasteiger partial charge in [-0.2, -0.15) is 0 Å². The molecule has 0 spiro atoms. The van der Waals surface area contributed by atoms with Gasteiger partial charge in [0.25, 0.3) is 0 Å². The van der Waals surface area contributed by atoms with Gasteiger partial charge < -0.3 is 19.5 Å². The van der Waals surface area contributed by atoms with Crippen molar-refractivity contribution < 1.29 is 24.3 Å². The summed E-state index contributed by atoms with van der Waals surface area (Å²) in [7, 11) is 4.22. The molecule has 0 heterocycles. The molecule has 0 aliphatic heterocycles. The van der Waals surface area contributed by atoms with Crippen LogP contribution in [0.2, 0.25) is 0 Å². The van der Waals surface area contributed by atoms with E-state index in [1.165, 1.54) is 141 Å². The predicted molar refractivity (Wildman–Crippen MR) is 187 cm³/mol. The second kappa shape index (κ2) is 28.1. The van der Waals surface area contributed by atoms with Crippen LogP contribution in [0, 0.1) is 0 Å². The number of carbonyl (C=O) groups is 2. The maximum Gasteiger partial charge on any atom is 0.303 e. The van der Waals surface area contributed by atoms with Crippen molar-refractivity contribution in [2.45, 2.75) is 225 Å². The van der Waals surface area contributed by atoms with Gasteiger partial charge in [-0.25, -0.2) is 0 Å². The number of quaternary nitrogens is 1. The molecule has 262 valence electrons. The van der Waals surface area contributed by atoms with E-state index in [-0.39, 0.29) is 0 Å². The van der Waals surface area contributed by atoms with E-state index < -0.39 is 17.5 Å². The minimum atomic E-state index is -0.891. The number of carboxylic acid groups (broad SMARTS) is 2. The fourth-order valence-corrected chi connectivity index (χ4v) is 6.76. The normalized spacial score (nSPS) is 14.0. The van der Waals surface area contributed by atoms with Crippen molar-refractivity contribution in [2.75, 3.05) is 14.1 Å². The Bertz CT molecular complexity index is 679. The van der Waals surface area contributed by atoms with Crippen molar-refractivity contribution in [1.29, 1.82) is 0 Å². The van der Waals surface area contributed by atoms with Crippen molar-refractivity contribution in [1.82, 2.24) is 0 Å². The maximum atomic E-state index is 12.4. The highest BCUT2D eigenvalue weighted by Crippen LogP contribution is 2.32. The monoisotopic (exact) mass is 624 g/mol. The molecule has 0 fully saturated rings. The lowest BCUT2D eigenvalue weighted by atomic mass is 9.87. The number of unbranched alkanes of at least 4 members (excludes halogenated alkanes) is 25. The maximum absolute atomic E-state index is 12.4. The number of likely N-dealkylation sites (N-methyl/N-ethyl adjacent to an activating group) is 1. The van der Waals surface area contributed by atoms with Gasteiger partial charge in [-0.15, -0.1) is 0 Å². The van der Waals surface area contributed by atoms with Gasteiger partial charge in [0, 0.05) is 12.8 Å². The van der Waals surface area contributed by atoms with E-state index in [1.807, 2.05) is 6.92 Å². The zero-order valence-corrected chi connectivity index (χ0v) is 30.4. The van der Waals surface area contributed by atoms with Gasteiger partial charge in [0.2, 0.25) is 0 Å². The van der Waals surface area contributed by atoms with Crippen LogP contribution in [0.15, 0.2) is 0 Å². The fraction of sp³-hybridized carbons (Fsp3) is 0.949. The molecule has 0 saturated carbocycles. The van der Waals surface area contributed by atoms with E-state index in [0.29, 0.717) is 23.4 Å². The predicted octanol–water partition coefficient (Wildman–Crippen LogP) is 10.8. The second-order valence-corrected chi connectivity index (χ2v) is 14.8. The molecule has 0 aromatic heterocycles. The molecule has 0 saturated heterocycles. The van der Waals surface area contributed by atoms with E-state index in [0.717, 1.165) is 38.5 Å². The number of hydrogen-bond acceptors (Lipinski definition) is 3. The number of nitrogens with zero attached hydrogens (tertiary/aromatic N) is 1. The minimum absolute atomic E-state index is 0.306. The molecule has 0 aliphatic rings. The molecule has 0 amide bonds. The third-order valence-corrected chi connectivity index (χ3v) is 10.8. The van der Waals surface area contributed by atoms with Crippen LogP contribution in [0.5, 0.6) is 0 Å². The molecule has 0 rings (SSSR count). The van der Waals surface area contributed by atoms with Crippen LogP contribution in [0.1, 0.15) is 213 Å². The molecule has 0 aromatic carbocycles. The lowest BCUT2D eigenvalue weighted by molar-refractivity contribution is -0.954. The Morgan fingerprint density at radius 1 is 0.591 bits per heavy atom. The molecule has 5 heteroatoms. The zero-order valence-electron chi connectivity index (χ0n) is 30.4. The van der Waals surface area contributed by atoms with E-state index in [1.54, 1.807) is 0 Å². The Kier molecular flexibility index (Phi) is 27.4. The van der Waals surface area contributed by atoms with Gasteiger partial charge in [0.1, 0.15) is 11.5 Å². The van der Waals surface area contributed by atoms with E-state index in [2.05, 4.69) is 27.9 Å². The topological polar surface area (TPSA) is 77.4 Å². The average molecular weight is 624 g/mol. The summed E-state index contributed by atoms with van der Waals surface area (Å²) in [5.41, 5.74) is -0.844. The van der Waals surface area contributed by atoms with Crippen molar-refractivity contribution in [2.24, 2.45) is 0 Å². The van der Waals surface area contributed by atoms with Crippen LogP contribution in [0.25, 0.3) is 0 Å². The first-order chi connectivity index (χ1) is 21.1. The molecule has 0 bridgehead atoms. The first-order valence-corrected chi connectivity index (χ1v) is 19.4. The highest BCUT2D eigenvalue weighted by molar-refractivity contribution is 5.74. The summed E-state index contributed by atoms with van der Waals surface area (Å²) in [5, 5.41) is 21.1. The molecule has 2 unspecified atom stereocenters. The van der Waals surface area contributed by atoms with Crippen LogP contribution in [0.4, 0.5) is 0 Å². The second-order valence-electron chi connectivity index (χ2n) is 14.8. The first kappa shape index (κ1) is 42.9. The van der Waals surface area contributed by atoms with E-state index >= 15 is 0 Å². The molecule has 5 nitrogen and oxygen atoms in total. The lowest BCUT2D eigenvalue weighted by Gasteiger charge is -2.51. The molecule has 2 atom stereocenters. The van der Waals surface area contributed by atoms with Gasteiger partial charge in [-0.05, 0) is 39.5 Å². The summed E-state index contributed by atoms with van der Waals surface area (Å²) in [5.74, 6) is -1.57. The third-order valence-electron chi connectivity index (χ3n) is 10.8. The molecular formula is C39H77NO4. The molecular weight excluding hydrogens is 546 g/mol. The van der Waals surface area contributed by atoms with Gasteiger partial charge in [0.15, 0.2) is 0 Å². The Morgan fingerprint density at radius 3 is 1.25 bits per heavy atom. The Balaban J connectivity index is 3.95. The summed E-state index contributed by atoms with van der Waals surface area (Å²) in [6.45, 7) is 6.45. The Morgan fingerprint density at radius 2 is 0.909 bits per heavy atom. The Labute approximate surface area is 274 Å². The first-order valence-electron chi connectivity index (χ1n) is 19.4. The fourth-order valence-electron chi connectivity index (χ4n) is 6.76. The number of rotatable bonds is 34. The molecule has 0 radical (unpaired) electrons. The largest absolute Gasteiger partial charge is 0.544 e. The standard InChI is InChI=1S/C39H77NO4/c1-6-7-8-9-10-11-12-13-15-18-21-24-27-30-33-36(2)40(4,5)39(3,38(43)44)35-32-29-26-23-20-17-14-16-19-22-25-28-31-34-37(41)42/h36H,6-35H2,1-5H3,(H-,41,42,43,44). The summed E-state index contributed by atoms with van der Waals surface area (Å²) < 4.78 is 0.507. The number of hydrogen-bond donors (Lipinski definition) is 1. The van der Waals surface area contributed by atoms with Gasteiger partial charge in [0.05, 0.1) is 20.1 Å². The van der Waals surface area contributed by atoms with Crippen LogP contribution >= 0.6 is 0 Å². The number of aliphatic carboxylic acids is 2. The van der Waals surface area contributed by atoms with Crippen molar-refractivity contribution in [3.8, 4) is 0 Å². The van der Waals surface area contributed by atoms with Crippen molar-refractivity contribution >= 4 is 11.9 Å². The minimum Gasteiger partial charge on any atom is -0.544 e. The summed E-state index contributed by atoms with van der Waals surface area (Å²) >= 11 is 0. The highest BCUT2D eigenvalue weighted by atomic mass is 16.4. The van der Waals surface area contributed by atoms with Crippen molar-refractivity contribution in [3.63, 3.8) is 0 Å². The Hall–Kier alpha value is -1.10. The van der Waals surface area contributed by atoms with Crippen LogP contribution < -0.4 is 5.11 Å². The van der Waals surface area contributed by atoms with Gasteiger partial charge in [-0.3, -0.25) is 4.79 Å². The molecule has 1 N–H and O–H groups in total. The summed E-state index contributed by atoms with van der Waals surface area (Å²) in [4.78, 5) is 22.9. The lowest BCUT2D eigenvalue weighted by Crippen LogP contribution is -2.69. The van der Waals surface area contributed by atoms with E-state index in [4.69, 9.17) is 5.11 Å². The summed E-state index contributed by atoms with van der Waals surface area (Å²) in [6.07, 6.45) is 36.3. The molecule has 44 heavy (non-hydrogen) atoms.